The van der Waals surface area contributed by atoms with Crippen molar-refractivity contribution in [2.75, 3.05) is 40.3 Å². The van der Waals surface area contributed by atoms with Gasteiger partial charge < -0.3 is 15.1 Å². The van der Waals surface area contributed by atoms with Crippen molar-refractivity contribution in [3.8, 4) is 0 Å². The van der Waals surface area contributed by atoms with Crippen LogP contribution in [0.3, 0.4) is 0 Å². The van der Waals surface area contributed by atoms with E-state index in [1.807, 2.05) is 19.0 Å². The Kier molecular flexibility index (Phi) is 5.32. The summed E-state index contributed by atoms with van der Waals surface area (Å²) in [4.78, 5) is 28.1. The quantitative estimate of drug-likeness (QED) is 0.797. The Morgan fingerprint density at radius 3 is 3.00 bits per heavy atom. The fraction of sp³-hybridized carbons (Fsp3) is 0.643. The van der Waals surface area contributed by atoms with E-state index in [1.165, 1.54) is 0 Å². The van der Waals surface area contributed by atoms with E-state index in [0.717, 1.165) is 19.4 Å². The summed E-state index contributed by atoms with van der Waals surface area (Å²) in [5.74, 6) is -0.162. The predicted octanol–water partition coefficient (Wildman–Crippen LogP) is -0.0603. The lowest BCUT2D eigenvalue weighted by Crippen LogP contribution is -2.46. The van der Waals surface area contributed by atoms with Gasteiger partial charge in [0.15, 0.2) is 0 Å². The van der Waals surface area contributed by atoms with E-state index in [2.05, 4.69) is 15.5 Å². The molecule has 1 unspecified atom stereocenters. The van der Waals surface area contributed by atoms with E-state index in [9.17, 15) is 9.59 Å². The zero-order valence-corrected chi connectivity index (χ0v) is 12.6. The van der Waals surface area contributed by atoms with Crippen LogP contribution in [0.2, 0.25) is 0 Å². The molecule has 7 nitrogen and oxygen atoms in total. The zero-order chi connectivity index (χ0) is 15.2. The van der Waals surface area contributed by atoms with Crippen LogP contribution in [0.1, 0.15) is 23.3 Å². The second-order valence-electron chi connectivity index (χ2n) is 5.65. The first-order chi connectivity index (χ1) is 10.1. The molecule has 0 spiro atoms. The van der Waals surface area contributed by atoms with Gasteiger partial charge in [0.1, 0.15) is 5.69 Å². The molecule has 1 aliphatic rings. The van der Waals surface area contributed by atoms with Crippen LogP contribution < -0.4 is 5.32 Å². The Balaban J connectivity index is 1.85. The number of nitrogens with one attached hydrogen (secondary N) is 2. The van der Waals surface area contributed by atoms with Crippen molar-refractivity contribution in [1.82, 2.24) is 25.3 Å². The Labute approximate surface area is 124 Å². The van der Waals surface area contributed by atoms with Gasteiger partial charge in [0, 0.05) is 32.4 Å². The van der Waals surface area contributed by atoms with Crippen molar-refractivity contribution in [1.29, 1.82) is 0 Å². The first kappa shape index (κ1) is 15.5. The molecule has 1 atom stereocenters. The summed E-state index contributed by atoms with van der Waals surface area (Å²) < 4.78 is 0. The highest BCUT2D eigenvalue weighted by Gasteiger charge is 2.29. The molecule has 0 bridgehead atoms. The van der Waals surface area contributed by atoms with Gasteiger partial charge in [-0.2, -0.15) is 5.10 Å². The first-order valence-corrected chi connectivity index (χ1v) is 7.29. The maximum atomic E-state index is 12.2. The Hall–Kier alpha value is -1.89. The van der Waals surface area contributed by atoms with Gasteiger partial charge in [-0.05, 0) is 33.0 Å². The van der Waals surface area contributed by atoms with E-state index in [0.29, 0.717) is 25.3 Å². The molecule has 0 radical (unpaired) electrons. The van der Waals surface area contributed by atoms with E-state index < -0.39 is 0 Å². The molecular formula is C14H23N5O2. The number of carbonyl (C=O) groups is 2. The van der Waals surface area contributed by atoms with Gasteiger partial charge in [0.25, 0.3) is 5.91 Å². The molecule has 1 saturated heterocycles. The fourth-order valence-electron chi connectivity index (χ4n) is 2.47. The summed E-state index contributed by atoms with van der Waals surface area (Å²) in [5.41, 5.74) is 0.476. The number of nitrogens with zero attached hydrogens (tertiary/aromatic N) is 3. The van der Waals surface area contributed by atoms with Gasteiger partial charge in [-0.3, -0.25) is 14.7 Å². The van der Waals surface area contributed by atoms with Crippen LogP contribution in [0.15, 0.2) is 12.3 Å². The number of piperidine rings is 1. The lowest BCUT2D eigenvalue weighted by molar-refractivity contribution is -0.126. The minimum atomic E-state index is -0.118. The third-order valence-corrected chi connectivity index (χ3v) is 3.67. The van der Waals surface area contributed by atoms with Gasteiger partial charge in [0.2, 0.25) is 5.91 Å². The lowest BCUT2D eigenvalue weighted by Gasteiger charge is -2.31. The molecule has 1 aliphatic heterocycles. The highest BCUT2D eigenvalue weighted by atomic mass is 16.2. The average molecular weight is 293 g/mol. The third-order valence-electron chi connectivity index (χ3n) is 3.67. The maximum absolute atomic E-state index is 12.2. The summed E-state index contributed by atoms with van der Waals surface area (Å²) in [7, 11) is 3.94. The van der Waals surface area contributed by atoms with Crippen LogP contribution >= 0.6 is 0 Å². The monoisotopic (exact) mass is 293 g/mol. The first-order valence-electron chi connectivity index (χ1n) is 7.29. The predicted molar refractivity (Wildman–Crippen MR) is 78.8 cm³/mol. The van der Waals surface area contributed by atoms with Gasteiger partial charge >= 0.3 is 0 Å². The molecule has 2 amide bonds. The Morgan fingerprint density at radius 1 is 1.52 bits per heavy atom. The van der Waals surface area contributed by atoms with Gasteiger partial charge in [-0.25, -0.2) is 0 Å². The van der Waals surface area contributed by atoms with Crippen LogP contribution in [0.5, 0.6) is 0 Å². The standard InChI is InChI=1S/C14H23N5O2/c1-18(2)9-7-15-13(20)11-4-3-8-19(10-11)14(21)12-5-6-16-17-12/h5-6,11H,3-4,7-10H2,1-2H3,(H,15,20)(H,16,17). The number of H-pyrrole nitrogens is 1. The van der Waals surface area contributed by atoms with Crippen molar-refractivity contribution in [2.24, 2.45) is 5.92 Å². The fourth-order valence-corrected chi connectivity index (χ4v) is 2.47. The summed E-state index contributed by atoms with van der Waals surface area (Å²) in [6.07, 6.45) is 3.24. The van der Waals surface area contributed by atoms with E-state index in [4.69, 9.17) is 0 Å². The number of carbonyl (C=O) groups excluding carboxylic acids is 2. The maximum Gasteiger partial charge on any atom is 0.271 e. The van der Waals surface area contributed by atoms with Crippen molar-refractivity contribution in [2.45, 2.75) is 12.8 Å². The second-order valence-corrected chi connectivity index (χ2v) is 5.65. The number of aromatic amines is 1. The van der Waals surface area contributed by atoms with Crippen LogP contribution in [0, 0.1) is 5.92 Å². The van der Waals surface area contributed by atoms with Crippen LogP contribution in [-0.2, 0) is 4.79 Å². The molecule has 0 saturated carbocycles. The van der Waals surface area contributed by atoms with Crippen molar-refractivity contribution < 1.29 is 9.59 Å². The molecular weight excluding hydrogens is 270 g/mol. The van der Waals surface area contributed by atoms with Crippen molar-refractivity contribution in [3.05, 3.63) is 18.0 Å². The smallest absolute Gasteiger partial charge is 0.271 e. The number of amides is 2. The van der Waals surface area contributed by atoms with Crippen LogP contribution in [0.25, 0.3) is 0 Å². The molecule has 116 valence electrons. The minimum Gasteiger partial charge on any atom is -0.355 e. The molecule has 2 N–H and O–H groups in total. The molecule has 2 heterocycles. The van der Waals surface area contributed by atoms with Crippen molar-refractivity contribution in [3.63, 3.8) is 0 Å². The van der Waals surface area contributed by atoms with E-state index >= 15 is 0 Å². The number of likely N-dealkylation sites (N-methyl/N-ethyl adjacent to an activating group) is 1. The molecule has 0 aliphatic carbocycles. The molecule has 7 heteroatoms. The third kappa shape index (κ3) is 4.29. The summed E-state index contributed by atoms with van der Waals surface area (Å²) >= 11 is 0. The largest absolute Gasteiger partial charge is 0.355 e. The number of hydrogen-bond donors (Lipinski definition) is 2. The number of hydrogen-bond acceptors (Lipinski definition) is 4. The van der Waals surface area contributed by atoms with Crippen LogP contribution in [0.4, 0.5) is 0 Å². The van der Waals surface area contributed by atoms with E-state index in [1.54, 1.807) is 17.2 Å². The van der Waals surface area contributed by atoms with Gasteiger partial charge in [-0.15, -0.1) is 0 Å². The highest BCUT2D eigenvalue weighted by Crippen LogP contribution is 2.18. The van der Waals surface area contributed by atoms with Crippen molar-refractivity contribution >= 4 is 11.8 Å². The topological polar surface area (TPSA) is 81.3 Å². The molecule has 1 aromatic heterocycles. The molecule has 1 fully saturated rings. The minimum absolute atomic E-state index is 0.0407. The van der Waals surface area contributed by atoms with Gasteiger partial charge in [-0.1, -0.05) is 0 Å². The zero-order valence-electron chi connectivity index (χ0n) is 12.6. The number of likely N-dealkylation sites (tertiary alicyclic amines) is 1. The second kappa shape index (κ2) is 7.21. The normalized spacial score (nSPS) is 18.8. The summed E-state index contributed by atoms with van der Waals surface area (Å²) in [5, 5.41) is 9.41. The Morgan fingerprint density at radius 2 is 2.33 bits per heavy atom. The summed E-state index contributed by atoms with van der Waals surface area (Å²) in [6, 6.07) is 1.66. The SMILES string of the molecule is CN(C)CCNC(=O)C1CCCN(C(=O)c2ccn[nH]2)C1. The average Bonchev–Trinajstić information content (AvgIpc) is 3.00. The molecule has 1 aromatic rings. The number of rotatable bonds is 5. The molecule has 0 aromatic carbocycles. The highest BCUT2D eigenvalue weighted by molar-refractivity contribution is 5.92. The van der Waals surface area contributed by atoms with E-state index in [-0.39, 0.29) is 17.7 Å². The number of aromatic nitrogens is 2. The van der Waals surface area contributed by atoms with Gasteiger partial charge in [0.05, 0.1) is 5.92 Å². The molecule has 21 heavy (non-hydrogen) atoms. The lowest BCUT2D eigenvalue weighted by atomic mass is 9.97. The summed E-state index contributed by atoms with van der Waals surface area (Å²) in [6.45, 7) is 2.62. The van der Waals surface area contributed by atoms with Crippen LogP contribution in [-0.4, -0.2) is 72.1 Å². The Bertz CT molecular complexity index is 472. The molecule has 2 rings (SSSR count).